The molecule has 3 aromatic rings. The second-order valence-corrected chi connectivity index (χ2v) is 6.06. The van der Waals surface area contributed by atoms with Crippen LogP contribution in [0.25, 0.3) is 10.6 Å². The number of carbonyl (C=O) groups is 1. The van der Waals surface area contributed by atoms with E-state index in [1.807, 2.05) is 42.6 Å². The maximum absolute atomic E-state index is 12.4. The third-order valence-electron chi connectivity index (χ3n) is 3.51. The molecule has 0 saturated heterocycles. The highest BCUT2D eigenvalue weighted by atomic mass is 32.1. The molecule has 25 heavy (non-hydrogen) atoms. The molecule has 0 spiro atoms. The first-order valence-electron chi connectivity index (χ1n) is 7.78. The number of oxazole rings is 1. The number of hydrogen-bond acceptors (Lipinski definition) is 6. The van der Waals surface area contributed by atoms with Gasteiger partial charge in [0.25, 0.3) is 5.91 Å². The first kappa shape index (κ1) is 17.0. The minimum absolute atomic E-state index is 0.278. The predicted molar refractivity (Wildman–Crippen MR) is 95.1 cm³/mol. The maximum Gasteiger partial charge on any atom is 0.274 e. The second-order valence-electron chi connectivity index (χ2n) is 5.11. The van der Waals surface area contributed by atoms with Crippen molar-refractivity contribution in [3.05, 3.63) is 53.4 Å². The van der Waals surface area contributed by atoms with Crippen molar-refractivity contribution < 1.29 is 18.7 Å². The highest BCUT2D eigenvalue weighted by molar-refractivity contribution is 7.13. The van der Waals surface area contributed by atoms with Crippen LogP contribution in [0, 0.1) is 0 Å². The van der Waals surface area contributed by atoms with Crippen molar-refractivity contribution in [1.82, 2.24) is 10.3 Å². The fraction of sp³-hybridized carbons (Fsp3) is 0.222. The molecule has 0 aliphatic heterocycles. The summed E-state index contributed by atoms with van der Waals surface area (Å²) in [4.78, 5) is 17.3. The van der Waals surface area contributed by atoms with E-state index in [1.165, 1.54) is 17.7 Å². The third-order valence-corrected chi connectivity index (χ3v) is 4.38. The number of benzene rings is 1. The van der Waals surface area contributed by atoms with Crippen LogP contribution < -0.4 is 14.8 Å². The number of thiophene rings is 1. The predicted octanol–water partition coefficient (Wildman–Crippen LogP) is 3.74. The molecule has 1 amide bonds. The Hall–Kier alpha value is -2.80. The summed E-state index contributed by atoms with van der Waals surface area (Å²) < 4.78 is 16.2. The van der Waals surface area contributed by atoms with Crippen LogP contribution >= 0.6 is 11.3 Å². The molecule has 0 aliphatic rings. The third kappa shape index (κ3) is 3.83. The number of methoxy groups -OCH3 is 1. The molecule has 0 bridgehead atoms. The molecule has 130 valence electrons. The minimum atomic E-state index is -0.287. The molecule has 1 aromatic carbocycles. The highest BCUT2D eigenvalue weighted by Gasteiger charge is 2.18. The van der Waals surface area contributed by atoms with Gasteiger partial charge in [0, 0.05) is 6.54 Å². The van der Waals surface area contributed by atoms with Gasteiger partial charge in [-0.1, -0.05) is 12.1 Å². The number of nitrogens with zero attached hydrogens (tertiary/aromatic N) is 1. The van der Waals surface area contributed by atoms with Gasteiger partial charge in [-0.05, 0) is 36.1 Å². The number of rotatable bonds is 7. The van der Waals surface area contributed by atoms with Crippen LogP contribution in [0.3, 0.4) is 0 Å². The van der Waals surface area contributed by atoms with Crippen molar-refractivity contribution in [1.29, 1.82) is 0 Å². The van der Waals surface area contributed by atoms with E-state index in [-0.39, 0.29) is 11.6 Å². The fourth-order valence-electron chi connectivity index (χ4n) is 2.35. The zero-order chi connectivity index (χ0) is 17.6. The van der Waals surface area contributed by atoms with Crippen molar-refractivity contribution in [3.63, 3.8) is 0 Å². The SMILES string of the molecule is CCOc1ccc(CNC(=O)c2ncoc2-c2cccs2)cc1OC. The summed E-state index contributed by atoms with van der Waals surface area (Å²) in [5, 5.41) is 4.78. The van der Waals surface area contributed by atoms with Gasteiger partial charge in [0.15, 0.2) is 29.3 Å². The van der Waals surface area contributed by atoms with E-state index in [9.17, 15) is 4.79 Å². The Labute approximate surface area is 149 Å². The van der Waals surface area contributed by atoms with Gasteiger partial charge in [-0.3, -0.25) is 4.79 Å². The van der Waals surface area contributed by atoms with Crippen molar-refractivity contribution in [2.24, 2.45) is 0 Å². The lowest BCUT2D eigenvalue weighted by Gasteiger charge is -2.11. The highest BCUT2D eigenvalue weighted by Crippen LogP contribution is 2.29. The molecular weight excluding hydrogens is 340 g/mol. The van der Waals surface area contributed by atoms with Gasteiger partial charge >= 0.3 is 0 Å². The van der Waals surface area contributed by atoms with Gasteiger partial charge in [-0.25, -0.2) is 4.98 Å². The van der Waals surface area contributed by atoms with Crippen molar-refractivity contribution in [3.8, 4) is 22.1 Å². The number of hydrogen-bond donors (Lipinski definition) is 1. The normalized spacial score (nSPS) is 10.5. The smallest absolute Gasteiger partial charge is 0.274 e. The summed E-state index contributed by atoms with van der Waals surface area (Å²) in [7, 11) is 1.59. The van der Waals surface area contributed by atoms with E-state index in [0.29, 0.717) is 30.4 Å². The van der Waals surface area contributed by atoms with Crippen molar-refractivity contribution in [2.75, 3.05) is 13.7 Å². The first-order chi connectivity index (χ1) is 12.2. The number of ether oxygens (including phenoxy) is 2. The number of nitrogens with one attached hydrogen (secondary N) is 1. The van der Waals surface area contributed by atoms with E-state index in [4.69, 9.17) is 13.9 Å². The van der Waals surface area contributed by atoms with E-state index >= 15 is 0 Å². The van der Waals surface area contributed by atoms with Crippen LogP contribution in [0.1, 0.15) is 23.0 Å². The van der Waals surface area contributed by atoms with Gasteiger partial charge in [0.1, 0.15) is 0 Å². The molecule has 2 heterocycles. The zero-order valence-electron chi connectivity index (χ0n) is 13.9. The average Bonchev–Trinajstić information content (AvgIpc) is 3.31. The number of amides is 1. The topological polar surface area (TPSA) is 73.6 Å². The molecule has 3 rings (SSSR count). The Morgan fingerprint density at radius 3 is 2.92 bits per heavy atom. The lowest BCUT2D eigenvalue weighted by molar-refractivity contribution is 0.0946. The van der Waals surface area contributed by atoms with Crippen LogP contribution in [-0.2, 0) is 6.54 Å². The zero-order valence-corrected chi connectivity index (χ0v) is 14.8. The van der Waals surface area contributed by atoms with Crippen molar-refractivity contribution in [2.45, 2.75) is 13.5 Å². The Morgan fingerprint density at radius 1 is 1.32 bits per heavy atom. The minimum Gasteiger partial charge on any atom is -0.493 e. The fourth-order valence-corrected chi connectivity index (χ4v) is 3.07. The van der Waals surface area contributed by atoms with E-state index in [1.54, 1.807) is 7.11 Å². The van der Waals surface area contributed by atoms with Crippen molar-refractivity contribution >= 4 is 17.2 Å². The monoisotopic (exact) mass is 358 g/mol. The molecule has 0 radical (unpaired) electrons. The Kier molecular flexibility index (Phi) is 5.35. The van der Waals surface area contributed by atoms with Gasteiger partial charge in [-0.15, -0.1) is 11.3 Å². The summed E-state index contributed by atoms with van der Waals surface area (Å²) in [5.41, 5.74) is 1.18. The summed E-state index contributed by atoms with van der Waals surface area (Å²) in [6.45, 7) is 2.82. The quantitative estimate of drug-likeness (QED) is 0.696. The standard InChI is InChI=1S/C18H18N2O4S/c1-3-23-13-7-6-12(9-14(13)22-2)10-19-18(21)16-17(24-11-20-16)15-5-4-8-25-15/h4-9,11H,3,10H2,1-2H3,(H,19,21). The molecule has 0 saturated carbocycles. The van der Waals surface area contributed by atoms with Gasteiger partial charge in [0.05, 0.1) is 18.6 Å². The van der Waals surface area contributed by atoms with E-state index in [0.717, 1.165) is 10.4 Å². The molecule has 0 atom stereocenters. The Morgan fingerprint density at radius 2 is 2.20 bits per heavy atom. The van der Waals surface area contributed by atoms with Gasteiger partial charge in [-0.2, -0.15) is 0 Å². The molecular formula is C18H18N2O4S. The largest absolute Gasteiger partial charge is 0.493 e. The molecule has 2 aromatic heterocycles. The van der Waals surface area contributed by atoms with Crippen LogP contribution in [0.2, 0.25) is 0 Å². The number of carbonyl (C=O) groups excluding carboxylic acids is 1. The second kappa shape index (κ2) is 7.85. The van der Waals surface area contributed by atoms with Crippen LogP contribution in [0.4, 0.5) is 0 Å². The molecule has 6 nitrogen and oxygen atoms in total. The molecule has 0 aliphatic carbocycles. The lowest BCUT2D eigenvalue weighted by atomic mass is 10.2. The molecule has 0 unspecified atom stereocenters. The Balaban J connectivity index is 1.70. The summed E-state index contributed by atoms with van der Waals surface area (Å²) in [5.74, 6) is 1.51. The van der Waals surface area contributed by atoms with E-state index in [2.05, 4.69) is 10.3 Å². The average molecular weight is 358 g/mol. The lowest BCUT2D eigenvalue weighted by Crippen LogP contribution is -2.23. The summed E-state index contributed by atoms with van der Waals surface area (Å²) in [6, 6.07) is 9.34. The van der Waals surface area contributed by atoms with Crippen LogP contribution in [-0.4, -0.2) is 24.6 Å². The first-order valence-corrected chi connectivity index (χ1v) is 8.66. The summed E-state index contributed by atoms with van der Waals surface area (Å²) in [6.07, 6.45) is 1.28. The van der Waals surface area contributed by atoms with Crippen LogP contribution in [0.5, 0.6) is 11.5 Å². The summed E-state index contributed by atoms with van der Waals surface area (Å²) >= 11 is 1.49. The Bertz CT molecular complexity index is 843. The molecule has 0 fully saturated rings. The van der Waals surface area contributed by atoms with Gasteiger partial charge in [0.2, 0.25) is 0 Å². The molecule has 1 N–H and O–H groups in total. The van der Waals surface area contributed by atoms with Gasteiger partial charge < -0.3 is 19.2 Å². The number of aromatic nitrogens is 1. The molecule has 7 heteroatoms. The maximum atomic E-state index is 12.4. The van der Waals surface area contributed by atoms with E-state index < -0.39 is 0 Å². The van der Waals surface area contributed by atoms with Crippen LogP contribution in [0.15, 0.2) is 46.5 Å².